The Morgan fingerprint density at radius 1 is 1.21 bits per heavy atom. The molecule has 0 heterocycles. The number of hydrogen-bond acceptors (Lipinski definition) is 4. The van der Waals surface area contributed by atoms with Crippen LogP contribution in [0.2, 0.25) is 0 Å². The van der Waals surface area contributed by atoms with Crippen molar-refractivity contribution >= 4 is 12.0 Å². The van der Waals surface area contributed by atoms with Gasteiger partial charge in [0, 0.05) is 6.42 Å². The van der Waals surface area contributed by atoms with Crippen molar-refractivity contribution in [3.8, 4) is 11.5 Å². The highest BCUT2D eigenvalue weighted by molar-refractivity contribution is 5.69. The molecule has 0 amide bonds. The molecule has 1 N–H and O–H groups in total. The Hall–Kier alpha value is -1.97. The summed E-state index contributed by atoms with van der Waals surface area (Å²) >= 11 is 0. The third kappa shape index (κ3) is 8.61. The van der Waals surface area contributed by atoms with E-state index in [0.29, 0.717) is 12.2 Å². The Morgan fingerprint density at radius 2 is 1.96 bits per heavy atom. The second kappa shape index (κ2) is 11.5. The molecular weight excluding hydrogens is 304 g/mol. The Balaban J connectivity index is 2.16. The Kier molecular flexibility index (Phi) is 9.66. The van der Waals surface area contributed by atoms with E-state index in [4.69, 9.17) is 9.47 Å². The van der Waals surface area contributed by atoms with Crippen LogP contribution >= 0.6 is 0 Å². The van der Waals surface area contributed by atoms with Crippen LogP contribution in [-0.2, 0) is 9.53 Å². The van der Waals surface area contributed by atoms with Crippen LogP contribution in [0.1, 0.15) is 57.9 Å². The van der Waals surface area contributed by atoms with Crippen LogP contribution in [-0.4, -0.2) is 24.8 Å². The molecule has 4 heteroatoms. The quantitative estimate of drug-likeness (QED) is 0.459. The minimum Gasteiger partial charge on any atom is -0.504 e. The molecule has 0 radical (unpaired) electrons. The summed E-state index contributed by atoms with van der Waals surface area (Å²) in [6, 6.07) is 5.07. The highest BCUT2D eigenvalue weighted by Crippen LogP contribution is 2.26. The molecule has 0 saturated heterocycles. The van der Waals surface area contributed by atoms with Gasteiger partial charge < -0.3 is 14.6 Å². The Morgan fingerprint density at radius 3 is 2.67 bits per heavy atom. The van der Waals surface area contributed by atoms with Gasteiger partial charge in [0.15, 0.2) is 11.5 Å². The van der Waals surface area contributed by atoms with E-state index < -0.39 is 0 Å². The maximum absolute atomic E-state index is 11.6. The van der Waals surface area contributed by atoms with Crippen LogP contribution in [0.15, 0.2) is 24.3 Å². The summed E-state index contributed by atoms with van der Waals surface area (Å²) < 4.78 is 10.2. The molecule has 134 valence electrons. The first-order chi connectivity index (χ1) is 11.5. The van der Waals surface area contributed by atoms with Crippen molar-refractivity contribution < 1.29 is 19.4 Å². The number of hydrogen-bond donors (Lipinski definition) is 1. The van der Waals surface area contributed by atoms with Gasteiger partial charge in [-0.3, -0.25) is 4.79 Å². The summed E-state index contributed by atoms with van der Waals surface area (Å²) in [5.74, 6) is 1.14. The molecule has 0 unspecified atom stereocenters. The number of unbranched alkanes of at least 4 members (excludes halogenated alkanes) is 3. The summed E-state index contributed by atoms with van der Waals surface area (Å²) in [5.41, 5.74) is 0.880. The first kappa shape index (κ1) is 20.1. The maximum atomic E-state index is 11.6. The second-order valence-corrected chi connectivity index (χ2v) is 6.36. The van der Waals surface area contributed by atoms with Crippen LogP contribution in [0.25, 0.3) is 6.08 Å². The highest BCUT2D eigenvalue weighted by Gasteiger charge is 2.02. The van der Waals surface area contributed by atoms with Crippen molar-refractivity contribution in [1.82, 2.24) is 0 Å². The van der Waals surface area contributed by atoms with Gasteiger partial charge >= 0.3 is 5.97 Å². The maximum Gasteiger partial charge on any atom is 0.306 e. The van der Waals surface area contributed by atoms with Crippen molar-refractivity contribution in [2.45, 2.75) is 52.4 Å². The van der Waals surface area contributed by atoms with Crippen molar-refractivity contribution in [3.05, 3.63) is 29.8 Å². The lowest BCUT2D eigenvalue weighted by molar-refractivity contribution is -0.142. The zero-order valence-corrected chi connectivity index (χ0v) is 15.1. The first-order valence-electron chi connectivity index (χ1n) is 8.72. The molecule has 0 bridgehead atoms. The number of aromatic hydroxyl groups is 1. The fourth-order valence-electron chi connectivity index (χ4n) is 2.37. The SMILES string of the molecule is COc1cc(C=CCOC(=O)CCCCCCC(C)C)ccc1O. The zero-order valence-electron chi connectivity index (χ0n) is 15.1. The number of methoxy groups -OCH3 is 1. The number of carbonyl (C=O) groups excluding carboxylic acids is 1. The normalized spacial score (nSPS) is 11.2. The summed E-state index contributed by atoms with van der Waals surface area (Å²) in [7, 11) is 1.51. The van der Waals surface area contributed by atoms with E-state index >= 15 is 0 Å². The molecule has 4 nitrogen and oxygen atoms in total. The summed E-state index contributed by atoms with van der Waals surface area (Å²) in [5, 5.41) is 9.52. The van der Waals surface area contributed by atoms with Crippen LogP contribution in [0.5, 0.6) is 11.5 Å². The van der Waals surface area contributed by atoms with Crippen LogP contribution in [0, 0.1) is 5.92 Å². The van der Waals surface area contributed by atoms with Gasteiger partial charge in [-0.05, 0) is 36.1 Å². The fourth-order valence-corrected chi connectivity index (χ4v) is 2.37. The summed E-state index contributed by atoms with van der Waals surface area (Å²) in [6.07, 6.45) is 9.79. The van der Waals surface area contributed by atoms with Crippen molar-refractivity contribution in [2.75, 3.05) is 13.7 Å². The average molecular weight is 334 g/mol. The van der Waals surface area contributed by atoms with Crippen LogP contribution in [0.3, 0.4) is 0 Å². The van der Waals surface area contributed by atoms with E-state index in [1.165, 1.54) is 26.4 Å². The largest absolute Gasteiger partial charge is 0.504 e. The number of carbonyl (C=O) groups is 1. The van der Waals surface area contributed by atoms with Gasteiger partial charge in [-0.1, -0.05) is 51.7 Å². The predicted octanol–water partition coefficient (Wildman–Crippen LogP) is 4.95. The second-order valence-electron chi connectivity index (χ2n) is 6.36. The summed E-state index contributed by atoms with van der Waals surface area (Å²) in [6.45, 7) is 4.73. The number of rotatable bonds is 11. The minimum atomic E-state index is -0.146. The van der Waals surface area contributed by atoms with Crippen molar-refractivity contribution in [3.63, 3.8) is 0 Å². The topological polar surface area (TPSA) is 55.8 Å². The Bertz CT molecular complexity index is 520. The molecule has 0 aliphatic rings. The van der Waals surface area contributed by atoms with E-state index in [-0.39, 0.29) is 18.3 Å². The first-order valence-corrected chi connectivity index (χ1v) is 8.72. The van der Waals surface area contributed by atoms with Gasteiger partial charge in [0.25, 0.3) is 0 Å². The molecule has 1 aromatic rings. The predicted molar refractivity (Wildman–Crippen MR) is 97.2 cm³/mol. The monoisotopic (exact) mass is 334 g/mol. The Labute approximate surface area is 145 Å². The number of phenolic OH excluding ortho intramolecular Hbond substituents is 1. The molecule has 0 spiro atoms. The third-order valence-electron chi connectivity index (χ3n) is 3.77. The number of phenols is 1. The minimum absolute atomic E-state index is 0.106. The molecule has 0 fully saturated rings. The lowest BCUT2D eigenvalue weighted by Gasteiger charge is -2.05. The van der Waals surface area contributed by atoms with Crippen LogP contribution < -0.4 is 4.74 Å². The van der Waals surface area contributed by atoms with Gasteiger partial charge in [0.2, 0.25) is 0 Å². The molecule has 0 aromatic heterocycles. The van der Waals surface area contributed by atoms with E-state index in [0.717, 1.165) is 24.3 Å². The molecule has 0 aliphatic carbocycles. The van der Waals surface area contributed by atoms with Crippen molar-refractivity contribution in [2.24, 2.45) is 5.92 Å². The lowest BCUT2D eigenvalue weighted by Crippen LogP contribution is -2.04. The van der Waals surface area contributed by atoms with Gasteiger partial charge in [-0.15, -0.1) is 0 Å². The third-order valence-corrected chi connectivity index (χ3v) is 3.77. The fraction of sp³-hybridized carbons (Fsp3) is 0.550. The van der Waals surface area contributed by atoms with Gasteiger partial charge in [-0.25, -0.2) is 0 Å². The van der Waals surface area contributed by atoms with Gasteiger partial charge in [0.1, 0.15) is 6.61 Å². The lowest BCUT2D eigenvalue weighted by atomic mass is 10.0. The van der Waals surface area contributed by atoms with Crippen molar-refractivity contribution in [1.29, 1.82) is 0 Å². The van der Waals surface area contributed by atoms with E-state index in [1.807, 2.05) is 6.08 Å². The van der Waals surface area contributed by atoms with Gasteiger partial charge in [0.05, 0.1) is 7.11 Å². The molecule has 24 heavy (non-hydrogen) atoms. The molecule has 0 saturated carbocycles. The van der Waals surface area contributed by atoms with E-state index in [9.17, 15) is 9.90 Å². The highest BCUT2D eigenvalue weighted by atomic mass is 16.5. The number of esters is 1. The number of ether oxygens (including phenoxy) is 2. The zero-order chi connectivity index (χ0) is 17.8. The molecule has 0 atom stereocenters. The summed E-state index contributed by atoms with van der Waals surface area (Å²) in [4.78, 5) is 11.6. The smallest absolute Gasteiger partial charge is 0.306 e. The molecule has 1 aromatic carbocycles. The number of benzene rings is 1. The van der Waals surface area contributed by atoms with E-state index in [1.54, 1.807) is 24.3 Å². The van der Waals surface area contributed by atoms with Gasteiger partial charge in [-0.2, -0.15) is 0 Å². The average Bonchev–Trinajstić information content (AvgIpc) is 2.55. The molecule has 1 rings (SSSR count). The van der Waals surface area contributed by atoms with Crippen LogP contribution in [0.4, 0.5) is 0 Å². The van der Waals surface area contributed by atoms with E-state index in [2.05, 4.69) is 13.8 Å². The molecule has 0 aliphatic heterocycles. The standard InChI is InChI=1S/C20H30O4/c1-16(2)9-6-4-5-7-11-20(22)24-14-8-10-17-12-13-18(21)19(15-17)23-3/h8,10,12-13,15-16,21H,4-7,9,11,14H2,1-3H3. The molecular formula is C20H30O4.